The van der Waals surface area contributed by atoms with Gasteiger partial charge in [0.2, 0.25) is 0 Å². The van der Waals surface area contributed by atoms with Crippen LogP contribution in [0.15, 0.2) is 48.5 Å². The van der Waals surface area contributed by atoms with Crippen LogP contribution in [0.4, 0.5) is 11.4 Å². The molecule has 4 N–H and O–H groups in total. The zero-order valence-corrected chi connectivity index (χ0v) is 10.2. The molecular weight excluding hydrogens is 243 g/mol. The molecule has 4 heteroatoms. The zero-order chi connectivity index (χ0) is 9.97. The largest absolute Gasteiger partial charge is 0.399 e. The van der Waals surface area contributed by atoms with Gasteiger partial charge in [0.1, 0.15) is 0 Å². The van der Waals surface area contributed by atoms with Gasteiger partial charge in [-0.25, -0.2) is 0 Å². The van der Waals surface area contributed by atoms with Gasteiger partial charge >= 0.3 is 0 Å². The van der Waals surface area contributed by atoms with Crippen molar-refractivity contribution >= 4 is 36.2 Å². The maximum atomic E-state index is 5.70. The summed E-state index contributed by atoms with van der Waals surface area (Å²) >= 11 is 0. The summed E-state index contributed by atoms with van der Waals surface area (Å²) in [4.78, 5) is 0. The molecule has 0 radical (unpaired) electrons. The van der Waals surface area contributed by atoms with Crippen LogP contribution < -0.4 is 11.5 Å². The lowest BCUT2D eigenvalue weighted by molar-refractivity contribution is 1.61. The first-order valence-corrected chi connectivity index (χ1v) is 4.47. The fourth-order valence-corrected chi connectivity index (χ4v) is 1.44. The second kappa shape index (κ2) is 6.26. The van der Waals surface area contributed by atoms with Gasteiger partial charge in [-0.15, -0.1) is 24.8 Å². The van der Waals surface area contributed by atoms with Gasteiger partial charge in [0, 0.05) is 11.4 Å². The highest BCUT2D eigenvalue weighted by atomic mass is 35.5. The minimum absolute atomic E-state index is 0. The number of halogens is 2. The van der Waals surface area contributed by atoms with E-state index < -0.39 is 0 Å². The Morgan fingerprint density at radius 2 is 1.00 bits per heavy atom. The predicted octanol–water partition coefficient (Wildman–Crippen LogP) is 3.36. The summed E-state index contributed by atoms with van der Waals surface area (Å²) in [6.07, 6.45) is 0. The van der Waals surface area contributed by atoms with Crippen LogP contribution in [-0.4, -0.2) is 0 Å². The van der Waals surface area contributed by atoms with Crippen LogP contribution in [0.3, 0.4) is 0 Å². The second-order valence-electron chi connectivity index (χ2n) is 3.25. The van der Waals surface area contributed by atoms with Crippen LogP contribution in [-0.2, 0) is 0 Å². The summed E-state index contributed by atoms with van der Waals surface area (Å²) in [5.41, 5.74) is 15.1. The molecule has 86 valence electrons. The second-order valence-corrected chi connectivity index (χ2v) is 3.25. The molecule has 0 aliphatic heterocycles. The lowest BCUT2D eigenvalue weighted by Crippen LogP contribution is -1.87. The SMILES string of the molecule is Cl.Cl.Nc1cccc(-c2cccc(N)c2)c1. The Bertz CT molecular complexity index is 415. The van der Waals surface area contributed by atoms with E-state index in [0.29, 0.717) is 0 Å². The number of nitrogens with two attached hydrogens (primary N) is 2. The third-order valence-electron chi connectivity index (χ3n) is 2.11. The monoisotopic (exact) mass is 256 g/mol. The average molecular weight is 257 g/mol. The Labute approximate surface area is 107 Å². The molecule has 2 rings (SSSR count). The Kier molecular flexibility index (Phi) is 5.72. The van der Waals surface area contributed by atoms with Crippen molar-refractivity contribution in [3.63, 3.8) is 0 Å². The summed E-state index contributed by atoms with van der Waals surface area (Å²) in [5.74, 6) is 0. The lowest BCUT2D eigenvalue weighted by Gasteiger charge is -2.03. The Morgan fingerprint density at radius 1 is 0.625 bits per heavy atom. The summed E-state index contributed by atoms with van der Waals surface area (Å²) < 4.78 is 0. The van der Waals surface area contributed by atoms with Crippen molar-refractivity contribution < 1.29 is 0 Å². The molecule has 0 amide bonds. The summed E-state index contributed by atoms with van der Waals surface area (Å²) in [6.45, 7) is 0. The minimum atomic E-state index is 0. The van der Waals surface area contributed by atoms with Crippen molar-refractivity contribution in [2.45, 2.75) is 0 Å². The number of hydrogen-bond donors (Lipinski definition) is 2. The van der Waals surface area contributed by atoms with Crippen molar-refractivity contribution in [1.82, 2.24) is 0 Å². The molecule has 0 aliphatic rings. The van der Waals surface area contributed by atoms with Crippen LogP contribution in [0.1, 0.15) is 0 Å². The molecule has 0 spiro atoms. The summed E-state index contributed by atoms with van der Waals surface area (Å²) in [6, 6.07) is 15.5. The zero-order valence-electron chi connectivity index (χ0n) is 8.59. The van der Waals surface area contributed by atoms with Gasteiger partial charge < -0.3 is 11.5 Å². The number of benzene rings is 2. The summed E-state index contributed by atoms with van der Waals surface area (Å²) in [7, 11) is 0. The topological polar surface area (TPSA) is 52.0 Å². The molecule has 0 saturated heterocycles. The first-order chi connectivity index (χ1) is 6.75. The lowest BCUT2D eigenvalue weighted by atomic mass is 10.0. The van der Waals surface area contributed by atoms with Crippen LogP contribution in [0.2, 0.25) is 0 Å². The highest BCUT2D eigenvalue weighted by Gasteiger charge is 1.97. The van der Waals surface area contributed by atoms with Crippen molar-refractivity contribution in [1.29, 1.82) is 0 Å². The van der Waals surface area contributed by atoms with Crippen LogP contribution in [0.5, 0.6) is 0 Å². The fraction of sp³-hybridized carbons (Fsp3) is 0. The standard InChI is InChI=1S/C12H12N2.2ClH/c13-11-5-1-3-9(7-11)10-4-2-6-12(14)8-10;;/h1-8H,13-14H2;2*1H. The normalized spacial score (nSPS) is 8.75. The molecule has 0 unspecified atom stereocenters. The molecular formula is C12H14Cl2N2. The van der Waals surface area contributed by atoms with Crippen molar-refractivity contribution in [2.24, 2.45) is 0 Å². The van der Waals surface area contributed by atoms with E-state index in [0.717, 1.165) is 22.5 Å². The molecule has 0 heterocycles. The third kappa shape index (κ3) is 3.33. The van der Waals surface area contributed by atoms with E-state index in [4.69, 9.17) is 11.5 Å². The molecule has 0 bridgehead atoms. The predicted molar refractivity (Wildman–Crippen MR) is 75.2 cm³/mol. The van der Waals surface area contributed by atoms with E-state index in [1.807, 2.05) is 48.5 Å². The highest BCUT2D eigenvalue weighted by molar-refractivity contribution is 5.85. The molecule has 0 fully saturated rings. The molecule has 0 aromatic heterocycles. The summed E-state index contributed by atoms with van der Waals surface area (Å²) in [5, 5.41) is 0. The van der Waals surface area contributed by atoms with Gasteiger partial charge in [0.15, 0.2) is 0 Å². The average Bonchev–Trinajstić information content (AvgIpc) is 2.18. The van der Waals surface area contributed by atoms with Crippen LogP contribution in [0, 0.1) is 0 Å². The van der Waals surface area contributed by atoms with Gasteiger partial charge in [0.25, 0.3) is 0 Å². The number of rotatable bonds is 1. The molecule has 0 atom stereocenters. The molecule has 2 nitrogen and oxygen atoms in total. The first-order valence-electron chi connectivity index (χ1n) is 4.47. The van der Waals surface area contributed by atoms with Crippen LogP contribution >= 0.6 is 24.8 Å². The van der Waals surface area contributed by atoms with E-state index in [9.17, 15) is 0 Å². The quantitative estimate of drug-likeness (QED) is 0.769. The van der Waals surface area contributed by atoms with Gasteiger partial charge in [-0.2, -0.15) is 0 Å². The third-order valence-corrected chi connectivity index (χ3v) is 2.11. The maximum absolute atomic E-state index is 5.70. The van der Waals surface area contributed by atoms with E-state index in [2.05, 4.69) is 0 Å². The van der Waals surface area contributed by atoms with Gasteiger partial charge in [-0.05, 0) is 35.4 Å². The smallest absolute Gasteiger partial charge is 0.0320 e. The van der Waals surface area contributed by atoms with Gasteiger partial charge in [-0.1, -0.05) is 24.3 Å². The molecule has 2 aromatic carbocycles. The first kappa shape index (κ1) is 14.6. The fourth-order valence-electron chi connectivity index (χ4n) is 1.44. The van der Waals surface area contributed by atoms with E-state index in [1.165, 1.54) is 0 Å². The van der Waals surface area contributed by atoms with Crippen LogP contribution in [0.25, 0.3) is 11.1 Å². The Balaban J connectivity index is 0.00000112. The maximum Gasteiger partial charge on any atom is 0.0320 e. The van der Waals surface area contributed by atoms with Crippen molar-refractivity contribution in [3.05, 3.63) is 48.5 Å². The van der Waals surface area contributed by atoms with E-state index in [-0.39, 0.29) is 24.8 Å². The number of hydrogen-bond acceptors (Lipinski definition) is 2. The Hall–Kier alpha value is -1.38. The molecule has 0 aliphatic carbocycles. The molecule has 0 saturated carbocycles. The minimum Gasteiger partial charge on any atom is -0.399 e. The van der Waals surface area contributed by atoms with Crippen molar-refractivity contribution in [2.75, 3.05) is 11.5 Å². The molecule has 16 heavy (non-hydrogen) atoms. The van der Waals surface area contributed by atoms with Gasteiger partial charge in [-0.3, -0.25) is 0 Å². The highest BCUT2D eigenvalue weighted by Crippen LogP contribution is 2.22. The number of anilines is 2. The van der Waals surface area contributed by atoms with Gasteiger partial charge in [0.05, 0.1) is 0 Å². The Morgan fingerprint density at radius 3 is 1.31 bits per heavy atom. The van der Waals surface area contributed by atoms with E-state index >= 15 is 0 Å². The van der Waals surface area contributed by atoms with Crippen molar-refractivity contribution in [3.8, 4) is 11.1 Å². The molecule has 2 aromatic rings. The number of nitrogen functional groups attached to an aromatic ring is 2. The van der Waals surface area contributed by atoms with E-state index in [1.54, 1.807) is 0 Å².